The number of ether oxygens (including phenoxy) is 1. The summed E-state index contributed by atoms with van der Waals surface area (Å²) in [6.45, 7) is 0.204. The molecule has 1 aliphatic heterocycles. The van der Waals surface area contributed by atoms with Crippen molar-refractivity contribution < 1.29 is 13.2 Å². The number of hydrogen-bond acceptors (Lipinski definition) is 3. The van der Waals surface area contributed by atoms with E-state index in [1.54, 1.807) is 24.3 Å². The van der Waals surface area contributed by atoms with E-state index >= 15 is 0 Å². The SMILES string of the molecule is O=S(=O)(c1ccccc1)C1(Cc2ccccc2)COC(C(I)c2ccccc2)C1. The summed E-state index contributed by atoms with van der Waals surface area (Å²) in [5.41, 5.74) is 2.17. The monoisotopic (exact) mass is 518 g/mol. The highest BCUT2D eigenvalue weighted by atomic mass is 127. The normalized spacial score (nSPS) is 23.0. The molecule has 1 saturated heterocycles. The Bertz CT molecular complexity index is 1040. The van der Waals surface area contributed by atoms with Gasteiger partial charge >= 0.3 is 0 Å². The van der Waals surface area contributed by atoms with Crippen LogP contribution in [0, 0.1) is 0 Å². The van der Waals surface area contributed by atoms with Crippen molar-refractivity contribution in [1.82, 2.24) is 0 Å². The molecule has 1 aliphatic rings. The number of hydrogen-bond donors (Lipinski definition) is 0. The van der Waals surface area contributed by atoms with Crippen LogP contribution in [0.3, 0.4) is 0 Å². The fraction of sp³-hybridized carbons (Fsp3) is 0.250. The van der Waals surface area contributed by atoms with Crippen molar-refractivity contribution in [2.75, 3.05) is 6.61 Å². The first-order valence-corrected chi connectivity index (χ1v) is 12.4. The first kappa shape index (κ1) is 20.6. The first-order valence-electron chi connectivity index (χ1n) is 9.66. The lowest BCUT2D eigenvalue weighted by atomic mass is 9.93. The Morgan fingerprint density at radius 1 is 0.897 bits per heavy atom. The van der Waals surface area contributed by atoms with Gasteiger partial charge in [0.25, 0.3) is 0 Å². The van der Waals surface area contributed by atoms with Gasteiger partial charge in [0.2, 0.25) is 0 Å². The van der Waals surface area contributed by atoms with Gasteiger partial charge in [0.1, 0.15) is 4.75 Å². The standard InChI is InChI=1S/C24H23IO3S/c25-23(20-12-6-2-7-13-20)22-17-24(18-28-22,16-19-10-4-1-5-11-19)29(26,27)21-14-8-3-9-15-21/h1-15,22-23H,16-18H2. The fourth-order valence-corrected chi connectivity index (χ4v) is 6.86. The summed E-state index contributed by atoms with van der Waals surface area (Å²) in [5, 5.41) is 0. The van der Waals surface area contributed by atoms with E-state index in [2.05, 4.69) is 34.7 Å². The van der Waals surface area contributed by atoms with Crippen LogP contribution in [0.25, 0.3) is 0 Å². The van der Waals surface area contributed by atoms with E-state index in [0.29, 0.717) is 17.7 Å². The number of rotatable bonds is 6. The molecule has 150 valence electrons. The molecule has 0 saturated carbocycles. The number of alkyl halides is 1. The molecular weight excluding hydrogens is 495 g/mol. The average molecular weight is 518 g/mol. The molecule has 0 N–H and O–H groups in total. The van der Waals surface area contributed by atoms with E-state index < -0.39 is 14.6 Å². The van der Waals surface area contributed by atoms with Gasteiger partial charge in [-0.1, -0.05) is 101 Å². The lowest BCUT2D eigenvalue weighted by Gasteiger charge is -2.28. The second-order valence-electron chi connectivity index (χ2n) is 7.53. The highest BCUT2D eigenvalue weighted by molar-refractivity contribution is 14.1. The van der Waals surface area contributed by atoms with Gasteiger partial charge in [-0.05, 0) is 36.1 Å². The summed E-state index contributed by atoms with van der Waals surface area (Å²) < 4.78 is 32.9. The molecule has 3 aromatic rings. The van der Waals surface area contributed by atoms with E-state index in [1.807, 2.05) is 54.6 Å². The zero-order valence-electron chi connectivity index (χ0n) is 15.9. The topological polar surface area (TPSA) is 43.4 Å². The molecule has 0 aromatic heterocycles. The van der Waals surface area contributed by atoms with Gasteiger partial charge < -0.3 is 4.74 Å². The molecule has 29 heavy (non-hydrogen) atoms. The van der Waals surface area contributed by atoms with Crippen LogP contribution in [0.2, 0.25) is 0 Å². The van der Waals surface area contributed by atoms with Gasteiger partial charge in [0, 0.05) is 0 Å². The Hall–Kier alpha value is -1.70. The van der Waals surface area contributed by atoms with Crippen molar-refractivity contribution in [1.29, 1.82) is 0 Å². The largest absolute Gasteiger partial charge is 0.375 e. The van der Waals surface area contributed by atoms with Gasteiger partial charge in [-0.15, -0.1) is 0 Å². The Balaban J connectivity index is 1.71. The molecule has 3 nitrogen and oxygen atoms in total. The van der Waals surface area contributed by atoms with Crippen LogP contribution in [-0.4, -0.2) is 25.9 Å². The molecule has 0 amide bonds. The molecule has 5 heteroatoms. The summed E-state index contributed by atoms with van der Waals surface area (Å²) >= 11 is 2.38. The quantitative estimate of drug-likeness (QED) is 0.324. The van der Waals surface area contributed by atoms with E-state index in [-0.39, 0.29) is 16.6 Å². The lowest BCUT2D eigenvalue weighted by molar-refractivity contribution is 0.109. The molecule has 0 radical (unpaired) electrons. The molecule has 1 fully saturated rings. The average Bonchev–Trinajstić information content (AvgIpc) is 3.21. The van der Waals surface area contributed by atoms with E-state index in [9.17, 15) is 8.42 Å². The van der Waals surface area contributed by atoms with Crippen molar-refractivity contribution in [2.24, 2.45) is 0 Å². The molecule has 0 aliphatic carbocycles. The Kier molecular flexibility index (Phi) is 6.08. The van der Waals surface area contributed by atoms with Gasteiger partial charge in [0.15, 0.2) is 9.84 Å². The van der Waals surface area contributed by atoms with Crippen molar-refractivity contribution in [3.63, 3.8) is 0 Å². The Labute approximate surface area is 186 Å². The lowest BCUT2D eigenvalue weighted by Crippen LogP contribution is -2.42. The molecular formula is C24H23IO3S. The second kappa shape index (κ2) is 8.58. The number of sulfone groups is 1. The van der Waals surface area contributed by atoms with E-state index in [0.717, 1.165) is 11.1 Å². The summed E-state index contributed by atoms with van der Waals surface area (Å²) in [5.74, 6) is 0. The van der Waals surface area contributed by atoms with Gasteiger partial charge in [-0.2, -0.15) is 0 Å². The van der Waals surface area contributed by atoms with E-state index in [4.69, 9.17) is 4.74 Å². The molecule has 3 aromatic carbocycles. The van der Waals surface area contributed by atoms with Crippen molar-refractivity contribution in [3.8, 4) is 0 Å². The van der Waals surface area contributed by atoms with Crippen LogP contribution < -0.4 is 0 Å². The maximum atomic E-state index is 13.8. The Morgan fingerprint density at radius 3 is 2.07 bits per heavy atom. The minimum absolute atomic E-state index is 0.0948. The highest BCUT2D eigenvalue weighted by Gasteiger charge is 2.52. The van der Waals surface area contributed by atoms with Crippen LogP contribution in [0.1, 0.15) is 21.5 Å². The number of halogens is 1. The van der Waals surface area contributed by atoms with Crippen LogP contribution >= 0.6 is 22.6 Å². The smallest absolute Gasteiger partial charge is 0.186 e. The zero-order valence-corrected chi connectivity index (χ0v) is 18.9. The zero-order chi connectivity index (χ0) is 20.3. The maximum absolute atomic E-state index is 13.8. The third-order valence-corrected chi connectivity index (χ3v) is 9.55. The summed E-state index contributed by atoms with van der Waals surface area (Å²) in [7, 11) is -3.58. The predicted molar refractivity (Wildman–Crippen MR) is 124 cm³/mol. The summed E-state index contributed by atoms with van der Waals surface area (Å²) in [6.07, 6.45) is 0.765. The third kappa shape index (κ3) is 4.13. The van der Waals surface area contributed by atoms with Crippen LogP contribution in [-0.2, 0) is 21.0 Å². The van der Waals surface area contributed by atoms with Crippen LogP contribution in [0.5, 0.6) is 0 Å². The maximum Gasteiger partial charge on any atom is 0.186 e. The van der Waals surface area contributed by atoms with Gasteiger partial charge in [0.05, 0.1) is 21.5 Å². The minimum Gasteiger partial charge on any atom is -0.375 e. The van der Waals surface area contributed by atoms with Gasteiger partial charge in [-0.3, -0.25) is 0 Å². The van der Waals surface area contributed by atoms with Crippen molar-refractivity contribution >= 4 is 32.4 Å². The second-order valence-corrected chi connectivity index (χ2v) is 11.2. The minimum atomic E-state index is -3.58. The highest BCUT2D eigenvalue weighted by Crippen LogP contribution is 2.44. The van der Waals surface area contributed by atoms with Gasteiger partial charge in [-0.25, -0.2) is 8.42 Å². The fourth-order valence-electron chi connectivity index (χ4n) is 4.01. The molecule has 1 heterocycles. The molecule has 4 rings (SSSR count). The number of benzene rings is 3. The third-order valence-electron chi connectivity index (χ3n) is 5.57. The molecule has 3 unspecified atom stereocenters. The Morgan fingerprint density at radius 2 is 1.45 bits per heavy atom. The van der Waals surface area contributed by atoms with E-state index in [1.165, 1.54) is 0 Å². The summed E-state index contributed by atoms with van der Waals surface area (Å²) in [4.78, 5) is 0.366. The van der Waals surface area contributed by atoms with Crippen molar-refractivity contribution in [3.05, 3.63) is 102 Å². The predicted octanol–water partition coefficient (Wildman–Crippen LogP) is 5.41. The molecule has 0 spiro atoms. The van der Waals surface area contributed by atoms with Crippen LogP contribution in [0.4, 0.5) is 0 Å². The first-order chi connectivity index (χ1) is 14.0. The summed E-state index contributed by atoms with van der Waals surface area (Å²) in [6, 6.07) is 28.8. The molecule has 0 bridgehead atoms. The molecule has 3 atom stereocenters. The van der Waals surface area contributed by atoms with Crippen molar-refractivity contribution in [2.45, 2.75) is 32.5 Å². The van der Waals surface area contributed by atoms with Crippen LogP contribution in [0.15, 0.2) is 95.9 Å².